The van der Waals surface area contributed by atoms with Gasteiger partial charge in [-0.3, -0.25) is 0 Å². The van der Waals surface area contributed by atoms with Crippen LogP contribution in [0.25, 0.3) is 10.9 Å². The first-order chi connectivity index (χ1) is 9.28. The fourth-order valence-electron chi connectivity index (χ4n) is 2.15. The van der Waals surface area contributed by atoms with E-state index >= 15 is 0 Å². The van der Waals surface area contributed by atoms with Crippen LogP contribution in [0.4, 0.5) is 4.39 Å². The molecule has 2 aromatic heterocycles. The molecule has 0 aliphatic carbocycles. The van der Waals surface area contributed by atoms with E-state index < -0.39 is 0 Å². The summed E-state index contributed by atoms with van der Waals surface area (Å²) in [4.78, 5) is 4.31. The Balaban J connectivity index is 1.90. The van der Waals surface area contributed by atoms with Crippen molar-refractivity contribution in [2.24, 2.45) is 0 Å². The molecule has 0 fully saturated rings. The number of halogens is 1. The summed E-state index contributed by atoms with van der Waals surface area (Å²) in [6.07, 6.45) is 3.62. The lowest BCUT2D eigenvalue weighted by Gasteiger charge is -2.01. The summed E-state index contributed by atoms with van der Waals surface area (Å²) in [6, 6.07) is 6.79. The zero-order chi connectivity index (χ0) is 13.2. The van der Waals surface area contributed by atoms with Gasteiger partial charge in [0.2, 0.25) is 5.89 Å². The van der Waals surface area contributed by atoms with E-state index in [1.165, 1.54) is 6.07 Å². The predicted molar refractivity (Wildman–Crippen MR) is 69.3 cm³/mol. The molecule has 0 atom stereocenters. The maximum atomic E-state index is 13.6. The molecular formula is C14H14FN3O. The van der Waals surface area contributed by atoms with Crippen LogP contribution in [-0.4, -0.2) is 14.7 Å². The SMILES string of the molecule is CCCc1noc(Cn2ccc3c(F)cccc32)n1. The van der Waals surface area contributed by atoms with E-state index in [2.05, 4.69) is 17.1 Å². The standard InChI is InChI=1S/C14H14FN3O/c1-2-4-13-16-14(19-17-13)9-18-8-7-10-11(15)5-3-6-12(10)18/h3,5-8H,2,4,9H2,1H3. The lowest BCUT2D eigenvalue weighted by molar-refractivity contribution is 0.367. The third kappa shape index (κ3) is 2.23. The number of aromatic nitrogens is 3. The molecule has 19 heavy (non-hydrogen) atoms. The van der Waals surface area contributed by atoms with Crippen molar-refractivity contribution in [2.45, 2.75) is 26.3 Å². The minimum atomic E-state index is -0.214. The van der Waals surface area contributed by atoms with Crippen LogP contribution < -0.4 is 0 Å². The second kappa shape index (κ2) is 4.84. The molecule has 0 radical (unpaired) electrons. The Bertz CT molecular complexity index is 702. The van der Waals surface area contributed by atoms with Gasteiger partial charge in [-0.25, -0.2) is 4.39 Å². The van der Waals surface area contributed by atoms with Gasteiger partial charge in [-0.1, -0.05) is 18.1 Å². The fraction of sp³-hybridized carbons (Fsp3) is 0.286. The van der Waals surface area contributed by atoms with Crippen molar-refractivity contribution in [1.29, 1.82) is 0 Å². The number of fused-ring (bicyclic) bond motifs is 1. The van der Waals surface area contributed by atoms with Crippen molar-refractivity contribution in [3.05, 3.63) is 48.0 Å². The number of rotatable bonds is 4. The molecule has 2 heterocycles. The summed E-state index contributed by atoms with van der Waals surface area (Å²) in [5.74, 6) is 1.05. The number of aryl methyl sites for hydroxylation is 1. The van der Waals surface area contributed by atoms with E-state index in [9.17, 15) is 4.39 Å². The average molecular weight is 259 g/mol. The highest BCUT2D eigenvalue weighted by Gasteiger charge is 2.09. The topological polar surface area (TPSA) is 43.9 Å². The molecule has 0 saturated heterocycles. The molecule has 0 N–H and O–H groups in total. The van der Waals surface area contributed by atoms with E-state index in [-0.39, 0.29) is 5.82 Å². The van der Waals surface area contributed by atoms with Crippen molar-refractivity contribution in [3.63, 3.8) is 0 Å². The molecule has 1 aromatic carbocycles. The third-order valence-corrected chi connectivity index (χ3v) is 3.05. The first kappa shape index (κ1) is 11.9. The number of hydrogen-bond acceptors (Lipinski definition) is 3. The van der Waals surface area contributed by atoms with Gasteiger partial charge in [-0.15, -0.1) is 0 Å². The van der Waals surface area contributed by atoms with Gasteiger partial charge in [0.05, 0.1) is 5.52 Å². The molecule has 0 unspecified atom stereocenters. The van der Waals surface area contributed by atoms with Crippen LogP contribution >= 0.6 is 0 Å². The fourth-order valence-corrected chi connectivity index (χ4v) is 2.15. The normalized spacial score (nSPS) is 11.3. The van der Waals surface area contributed by atoms with Crippen molar-refractivity contribution in [1.82, 2.24) is 14.7 Å². The van der Waals surface area contributed by atoms with E-state index in [1.54, 1.807) is 12.1 Å². The average Bonchev–Trinajstić information content (AvgIpc) is 3.00. The molecule has 5 heteroatoms. The van der Waals surface area contributed by atoms with E-state index in [0.29, 0.717) is 17.8 Å². The molecule has 3 aromatic rings. The van der Waals surface area contributed by atoms with Crippen LogP contribution in [0.15, 0.2) is 35.0 Å². The van der Waals surface area contributed by atoms with Crippen LogP contribution in [-0.2, 0) is 13.0 Å². The van der Waals surface area contributed by atoms with Crippen LogP contribution in [0, 0.1) is 5.82 Å². The Morgan fingerprint density at radius 2 is 2.21 bits per heavy atom. The van der Waals surface area contributed by atoms with Gasteiger partial charge >= 0.3 is 0 Å². The molecule has 3 rings (SSSR count). The number of nitrogens with zero attached hydrogens (tertiary/aromatic N) is 3. The Kier molecular flexibility index (Phi) is 3.03. The van der Waals surface area contributed by atoms with Crippen molar-refractivity contribution < 1.29 is 8.91 Å². The molecule has 0 amide bonds. The van der Waals surface area contributed by atoms with Crippen LogP contribution in [0.2, 0.25) is 0 Å². The first-order valence-electron chi connectivity index (χ1n) is 6.32. The van der Waals surface area contributed by atoms with Crippen LogP contribution in [0.1, 0.15) is 25.1 Å². The Morgan fingerprint density at radius 1 is 1.32 bits per heavy atom. The summed E-state index contributed by atoms with van der Waals surface area (Å²) in [7, 11) is 0. The van der Waals surface area contributed by atoms with Gasteiger partial charge in [0.1, 0.15) is 12.4 Å². The van der Waals surface area contributed by atoms with E-state index in [1.807, 2.05) is 16.8 Å². The molecule has 0 saturated carbocycles. The summed E-state index contributed by atoms with van der Waals surface area (Å²) < 4.78 is 20.7. The molecule has 0 aliphatic heterocycles. The minimum Gasteiger partial charge on any atom is -0.338 e. The lowest BCUT2D eigenvalue weighted by atomic mass is 10.2. The highest BCUT2D eigenvalue weighted by Crippen LogP contribution is 2.19. The first-order valence-corrected chi connectivity index (χ1v) is 6.32. The molecular weight excluding hydrogens is 245 g/mol. The quantitative estimate of drug-likeness (QED) is 0.722. The maximum Gasteiger partial charge on any atom is 0.246 e. The molecule has 4 nitrogen and oxygen atoms in total. The molecule has 0 bridgehead atoms. The minimum absolute atomic E-state index is 0.214. The summed E-state index contributed by atoms with van der Waals surface area (Å²) in [5.41, 5.74) is 0.829. The lowest BCUT2D eigenvalue weighted by Crippen LogP contribution is -1.98. The highest BCUT2D eigenvalue weighted by molar-refractivity contribution is 5.80. The number of benzene rings is 1. The zero-order valence-corrected chi connectivity index (χ0v) is 10.6. The van der Waals surface area contributed by atoms with Gasteiger partial charge in [-0.2, -0.15) is 4.98 Å². The largest absolute Gasteiger partial charge is 0.338 e. The molecule has 0 aliphatic rings. The van der Waals surface area contributed by atoms with Gasteiger partial charge in [-0.05, 0) is 24.6 Å². The molecule has 0 spiro atoms. The number of hydrogen-bond donors (Lipinski definition) is 0. The monoisotopic (exact) mass is 259 g/mol. The maximum absolute atomic E-state index is 13.6. The third-order valence-electron chi connectivity index (χ3n) is 3.05. The smallest absolute Gasteiger partial charge is 0.246 e. The second-order valence-electron chi connectivity index (χ2n) is 4.47. The summed E-state index contributed by atoms with van der Waals surface area (Å²) >= 11 is 0. The van der Waals surface area contributed by atoms with Crippen molar-refractivity contribution in [2.75, 3.05) is 0 Å². The Morgan fingerprint density at radius 3 is 3.05 bits per heavy atom. The van der Waals surface area contributed by atoms with Crippen LogP contribution in [0.3, 0.4) is 0 Å². The van der Waals surface area contributed by atoms with Crippen molar-refractivity contribution >= 4 is 10.9 Å². The van der Waals surface area contributed by atoms with E-state index in [0.717, 1.165) is 24.2 Å². The van der Waals surface area contributed by atoms with Gasteiger partial charge in [0.25, 0.3) is 0 Å². The van der Waals surface area contributed by atoms with E-state index in [4.69, 9.17) is 4.52 Å². The predicted octanol–water partition coefficient (Wildman–Crippen LogP) is 3.16. The summed E-state index contributed by atoms with van der Waals surface area (Å²) in [5, 5.41) is 4.52. The highest BCUT2D eigenvalue weighted by atomic mass is 19.1. The summed E-state index contributed by atoms with van der Waals surface area (Å²) in [6.45, 7) is 2.53. The van der Waals surface area contributed by atoms with Gasteiger partial charge < -0.3 is 9.09 Å². The van der Waals surface area contributed by atoms with Gasteiger partial charge in [0.15, 0.2) is 5.82 Å². The van der Waals surface area contributed by atoms with Gasteiger partial charge in [0, 0.05) is 18.0 Å². The molecule has 98 valence electrons. The Labute approximate surface area is 109 Å². The Hall–Kier alpha value is -2.17. The van der Waals surface area contributed by atoms with Crippen LogP contribution in [0.5, 0.6) is 0 Å². The van der Waals surface area contributed by atoms with Crippen molar-refractivity contribution in [3.8, 4) is 0 Å². The second-order valence-corrected chi connectivity index (χ2v) is 4.47. The zero-order valence-electron chi connectivity index (χ0n) is 10.6.